The van der Waals surface area contributed by atoms with E-state index in [4.69, 9.17) is 0 Å². The first-order valence-electron chi connectivity index (χ1n) is 6.90. The van der Waals surface area contributed by atoms with Gasteiger partial charge in [-0.25, -0.2) is 4.98 Å². The molecule has 0 fully saturated rings. The number of hydrogen-bond acceptors (Lipinski definition) is 3. The normalized spacial score (nSPS) is 10.7. The van der Waals surface area contributed by atoms with Crippen LogP contribution in [0.1, 0.15) is 23.0 Å². The van der Waals surface area contributed by atoms with Crippen LogP contribution >= 0.6 is 0 Å². The maximum absolute atomic E-state index is 12.6. The molecule has 3 rings (SSSR count). The Morgan fingerprint density at radius 3 is 2.90 bits per heavy atom. The summed E-state index contributed by atoms with van der Waals surface area (Å²) >= 11 is 0. The van der Waals surface area contributed by atoms with E-state index in [-0.39, 0.29) is 5.91 Å². The molecule has 0 radical (unpaired) electrons. The molecule has 0 saturated carbocycles. The van der Waals surface area contributed by atoms with Crippen molar-refractivity contribution in [1.29, 1.82) is 0 Å². The number of nitrogens with zero attached hydrogens (tertiary/aromatic N) is 3. The smallest absolute Gasteiger partial charge is 0.254 e. The van der Waals surface area contributed by atoms with Crippen molar-refractivity contribution in [3.8, 4) is 0 Å². The molecule has 3 aromatic rings. The molecule has 5 heteroatoms. The average Bonchev–Trinajstić information content (AvgIpc) is 3.00. The first-order valence-corrected chi connectivity index (χ1v) is 6.90. The van der Waals surface area contributed by atoms with Gasteiger partial charge in [-0.15, -0.1) is 0 Å². The van der Waals surface area contributed by atoms with E-state index in [1.165, 1.54) is 0 Å². The number of rotatable bonds is 4. The molecule has 1 amide bonds. The van der Waals surface area contributed by atoms with E-state index >= 15 is 0 Å². The number of carbonyl (C=O) groups excluding carboxylic acids is 1. The summed E-state index contributed by atoms with van der Waals surface area (Å²) < 4.78 is 0. The molecule has 0 unspecified atom stereocenters. The summed E-state index contributed by atoms with van der Waals surface area (Å²) in [4.78, 5) is 25.9. The molecule has 0 saturated heterocycles. The van der Waals surface area contributed by atoms with Crippen LogP contribution in [0, 0.1) is 0 Å². The predicted octanol–water partition coefficient (Wildman–Crippen LogP) is 2.62. The van der Waals surface area contributed by atoms with E-state index in [1.807, 2.05) is 43.3 Å². The number of imidazole rings is 1. The van der Waals surface area contributed by atoms with Crippen molar-refractivity contribution in [2.24, 2.45) is 0 Å². The van der Waals surface area contributed by atoms with Gasteiger partial charge in [0.15, 0.2) is 0 Å². The Balaban J connectivity index is 1.84. The van der Waals surface area contributed by atoms with E-state index in [9.17, 15) is 4.79 Å². The number of benzene rings is 1. The van der Waals surface area contributed by atoms with Gasteiger partial charge in [0.05, 0.1) is 29.6 Å². The Morgan fingerprint density at radius 1 is 1.24 bits per heavy atom. The van der Waals surface area contributed by atoms with Crippen molar-refractivity contribution in [3.63, 3.8) is 0 Å². The van der Waals surface area contributed by atoms with E-state index in [0.717, 1.165) is 16.7 Å². The summed E-state index contributed by atoms with van der Waals surface area (Å²) in [5, 5.41) is 0. The van der Waals surface area contributed by atoms with Gasteiger partial charge in [-0.1, -0.05) is 6.07 Å². The van der Waals surface area contributed by atoms with Crippen LogP contribution < -0.4 is 0 Å². The second-order valence-electron chi connectivity index (χ2n) is 4.77. The van der Waals surface area contributed by atoms with E-state index in [2.05, 4.69) is 15.0 Å². The fraction of sp³-hybridized carbons (Fsp3) is 0.188. The van der Waals surface area contributed by atoms with Gasteiger partial charge in [-0.2, -0.15) is 0 Å². The van der Waals surface area contributed by atoms with Crippen LogP contribution in [0.2, 0.25) is 0 Å². The summed E-state index contributed by atoms with van der Waals surface area (Å²) in [5.74, 6) is -0.000321. The molecule has 0 aliphatic carbocycles. The fourth-order valence-electron chi connectivity index (χ4n) is 2.27. The summed E-state index contributed by atoms with van der Waals surface area (Å²) in [6.07, 6.45) is 3.37. The number of aromatic amines is 1. The third-order valence-electron chi connectivity index (χ3n) is 3.42. The maximum atomic E-state index is 12.6. The van der Waals surface area contributed by atoms with E-state index < -0.39 is 0 Å². The van der Waals surface area contributed by atoms with E-state index in [1.54, 1.807) is 17.4 Å². The Kier molecular flexibility index (Phi) is 3.64. The highest BCUT2D eigenvalue weighted by molar-refractivity contribution is 5.97. The second-order valence-corrected chi connectivity index (χ2v) is 4.77. The molecule has 2 heterocycles. The van der Waals surface area contributed by atoms with Crippen LogP contribution in [0.25, 0.3) is 11.0 Å². The Bertz CT molecular complexity index is 751. The Morgan fingerprint density at radius 2 is 2.14 bits per heavy atom. The zero-order valence-electron chi connectivity index (χ0n) is 11.8. The largest absolute Gasteiger partial charge is 0.345 e. The molecule has 0 aliphatic heterocycles. The third kappa shape index (κ3) is 2.76. The van der Waals surface area contributed by atoms with E-state index in [0.29, 0.717) is 18.7 Å². The monoisotopic (exact) mass is 280 g/mol. The third-order valence-corrected chi connectivity index (χ3v) is 3.42. The minimum atomic E-state index is -0.000321. The number of H-pyrrole nitrogens is 1. The molecule has 0 bridgehead atoms. The maximum Gasteiger partial charge on any atom is 0.254 e. The van der Waals surface area contributed by atoms with Gasteiger partial charge in [0.25, 0.3) is 5.91 Å². The zero-order valence-corrected chi connectivity index (χ0v) is 11.8. The zero-order chi connectivity index (χ0) is 14.7. The van der Waals surface area contributed by atoms with Gasteiger partial charge in [-0.3, -0.25) is 9.78 Å². The lowest BCUT2D eigenvalue weighted by atomic mass is 10.1. The van der Waals surface area contributed by atoms with Gasteiger partial charge in [0.2, 0.25) is 0 Å². The summed E-state index contributed by atoms with van der Waals surface area (Å²) in [6.45, 7) is 3.11. The number of fused-ring (bicyclic) bond motifs is 1. The molecule has 2 aromatic heterocycles. The Hall–Kier alpha value is -2.69. The molecule has 106 valence electrons. The van der Waals surface area contributed by atoms with Crippen molar-refractivity contribution >= 4 is 16.9 Å². The van der Waals surface area contributed by atoms with Crippen molar-refractivity contribution in [1.82, 2.24) is 19.9 Å². The summed E-state index contributed by atoms with van der Waals surface area (Å²) in [7, 11) is 0. The van der Waals surface area contributed by atoms with Crippen LogP contribution in [0.4, 0.5) is 0 Å². The second kappa shape index (κ2) is 5.75. The molecular weight excluding hydrogens is 264 g/mol. The molecular formula is C16H16N4O. The highest BCUT2D eigenvalue weighted by Gasteiger charge is 2.15. The first-order chi connectivity index (χ1) is 10.3. The minimum Gasteiger partial charge on any atom is -0.345 e. The fourth-order valence-corrected chi connectivity index (χ4v) is 2.27. The van der Waals surface area contributed by atoms with Crippen LogP contribution in [0.5, 0.6) is 0 Å². The van der Waals surface area contributed by atoms with Crippen LogP contribution in [0.3, 0.4) is 0 Å². The number of nitrogens with one attached hydrogen (secondary N) is 1. The molecule has 1 aromatic carbocycles. The number of carbonyl (C=O) groups is 1. The molecule has 1 N–H and O–H groups in total. The van der Waals surface area contributed by atoms with Crippen LogP contribution in [-0.4, -0.2) is 32.3 Å². The topological polar surface area (TPSA) is 61.9 Å². The molecule has 0 aliphatic rings. The van der Waals surface area contributed by atoms with Gasteiger partial charge in [-0.05, 0) is 37.3 Å². The van der Waals surface area contributed by atoms with Gasteiger partial charge < -0.3 is 9.88 Å². The number of amides is 1. The number of pyridine rings is 1. The first kappa shape index (κ1) is 13.3. The highest BCUT2D eigenvalue weighted by atomic mass is 16.2. The number of aromatic nitrogens is 3. The molecule has 5 nitrogen and oxygen atoms in total. The number of hydrogen-bond donors (Lipinski definition) is 1. The standard InChI is InChI=1S/C16H16N4O/c1-2-20(10-13-5-3-4-8-17-13)16(21)12-6-7-14-15(9-12)19-11-18-14/h3-9,11H,2,10H2,1H3,(H,18,19). The quantitative estimate of drug-likeness (QED) is 0.799. The van der Waals surface area contributed by atoms with Crippen LogP contribution in [-0.2, 0) is 6.54 Å². The lowest BCUT2D eigenvalue weighted by Crippen LogP contribution is -2.30. The SMILES string of the molecule is CCN(Cc1ccccn1)C(=O)c1ccc2nc[nH]c2c1. The lowest BCUT2D eigenvalue weighted by molar-refractivity contribution is 0.0751. The summed E-state index contributed by atoms with van der Waals surface area (Å²) in [5.41, 5.74) is 3.27. The van der Waals surface area contributed by atoms with Gasteiger partial charge in [0.1, 0.15) is 0 Å². The highest BCUT2D eigenvalue weighted by Crippen LogP contribution is 2.14. The van der Waals surface area contributed by atoms with Crippen LogP contribution in [0.15, 0.2) is 48.9 Å². The average molecular weight is 280 g/mol. The molecule has 21 heavy (non-hydrogen) atoms. The molecule has 0 atom stereocenters. The molecule has 0 spiro atoms. The Labute approximate surface area is 122 Å². The summed E-state index contributed by atoms with van der Waals surface area (Å²) in [6, 6.07) is 11.2. The van der Waals surface area contributed by atoms with Crippen molar-refractivity contribution in [2.45, 2.75) is 13.5 Å². The van der Waals surface area contributed by atoms with Crippen molar-refractivity contribution in [2.75, 3.05) is 6.54 Å². The van der Waals surface area contributed by atoms with Gasteiger partial charge >= 0.3 is 0 Å². The van der Waals surface area contributed by atoms with Gasteiger partial charge in [0, 0.05) is 18.3 Å². The lowest BCUT2D eigenvalue weighted by Gasteiger charge is -2.20. The van der Waals surface area contributed by atoms with Crippen molar-refractivity contribution in [3.05, 3.63) is 60.2 Å². The minimum absolute atomic E-state index is 0.000321. The predicted molar refractivity (Wildman–Crippen MR) is 80.7 cm³/mol. The van der Waals surface area contributed by atoms with Crippen molar-refractivity contribution < 1.29 is 4.79 Å².